The SMILES string of the molecule is CC(=NOC(=O)c1ccsc1)c1oc(C)nc1C. The fourth-order valence-electron chi connectivity index (χ4n) is 1.45. The van der Waals surface area contributed by atoms with Crippen LogP contribution in [0.2, 0.25) is 0 Å². The summed E-state index contributed by atoms with van der Waals surface area (Å²) in [6.45, 7) is 5.26. The maximum Gasteiger partial charge on any atom is 0.366 e. The number of hydrogen-bond acceptors (Lipinski definition) is 6. The number of carbonyl (C=O) groups excluding carboxylic acids is 1. The maximum atomic E-state index is 11.6. The Bertz CT molecular complexity index is 584. The molecule has 6 heteroatoms. The van der Waals surface area contributed by atoms with Crippen LogP contribution >= 0.6 is 11.3 Å². The maximum absolute atomic E-state index is 11.6. The second-order valence-corrected chi connectivity index (χ2v) is 4.49. The highest BCUT2D eigenvalue weighted by molar-refractivity contribution is 7.08. The lowest BCUT2D eigenvalue weighted by Gasteiger charge is -1.97. The summed E-state index contributed by atoms with van der Waals surface area (Å²) in [5, 5.41) is 7.27. The molecule has 0 bridgehead atoms. The van der Waals surface area contributed by atoms with E-state index in [1.165, 1.54) is 11.3 Å². The number of hydrogen-bond donors (Lipinski definition) is 0. The van der Waals surface area contributed by atoms with E-state index < -0.39 is 5.97 Å². The van der Waals surface area contributed by atoms with Gasteiger partial charge < -0.3 is 9.25 Å². The summed E-state index contributed by atoms with van der Waals surface area (Å²) in [5.41, 5.74) is 1.69. The van der Waals surface area contributed by atoms with Gasteiger partial charge in [0.15, 0.2) is 11.7 Å². The third kappa shape index (κ3) is 2.65. The molecule has 0 aliphatic carbocycles. The Balaban J connectivity index is 2.10. The summed E-state index contributed by atoms with van der Waals surface area (Å²) >= 11 is 1.43. The van der Waals surface area contributed by atoms with E-state index in [1.807, 2.05) is 6.92 Å². The Morgan fingerprint density at radius 2 is 2.28 bits per heavy atom. The van der Waals surface area contributed by atoms with E-state index >= 15 is 0 Å². The normalized spacial score (nSPS) is 11.6. The Kier molecular flexibility index (Phi) is 3.57. The van der Waals surface area contributed by atoms with Crippen molar-refractivity contribution in [3.8, 4) is 0 Å². The molecular formula is C12H12N2O3S. The minimum atomic E-state index is -0.482. The largest absolute Gasteiger partial charge is 0.439 e. The molecule has 0 saturated heterocycles. The van der Waals surface area contributed by atoms with Crippen LogP contribution < -0.4 is 0 Å². The Hall–Kier alpha value is -1.95. The van der Waals surface area contributed by atoms with Crippen LogP contribution in [0.15, 0.2) is 26.4 Å². The number of thiophene rings is 1. The van der Waals surface area contributed by atoms with Crippen LogP contribution in [0, 0.1) is 13.8 Å². The summed E-state index contributed by atoms with van der Waals surface area (Å²) in [5.74, 6) is 0.608. The summed E-state index contributed by atoms with van der Waals surface area (Å²) in [6, 6.07) is 1.68. The van der Waals surface area contributed by atoms with Gasteiger partial charge in [0.1, 0.15) is 5.71 Å². The van der Waals surface area contributed by atoms with E-state index in [0.717, 1.165) is 5.69 Å². The molecule has 94 valence electrons. The van der Waals surface area contributed by atoms with Crippen molar-refractivity contribution in [1.82, 2.24) is 4.98 Å². The molecule has 5 nitrogen and oxygen atoms in total. The lowest BCUT2D eigenvalue weighted by atomic mass is 10.3. The van der Waals surface area contributed by atoms with Gasteiger partial charge in [-0.2, -0.15) is 11.3 Å². The van der Waals surface area contributed by atoms with Crippen LogP contribution in [0.25, 0.3) is 0 Å². The highest BCUT2D eigenvalue weighted by Gasteiger charge is 2.12. The number of aromatic nitrogens is 1. The smallest absolute Gasteiger partial charge is 0.366 e. The Morgan fingerprint density at radius 3 is 2.83 bits per heavy atom. The molecule has 0 fully saturated rings. The summed E-state index contributed by atoms with van der Waals surface area (Å²) < 4.78 is 5.37. The predicted octanol–water partition coefficient (Wildman–Crippen LogP) is 2.93. The molecule has 2 aromatic rings. The summed E-state index contributed by atoms with van der Waals surface area (Å²) in [7, 11) is 0. The van der Waals surface area contributed by atoms with Crippen LogP contribution in [0.3, 0.4) is 0 Å². The van der Waals surface area contributed by atoms with Gasteiger partial charge in [0, 0.05) is 12.3 Å². The van der Waals surface area contributed by atoms with E-state index in [1.54, 1.807) is 30.7 Å². The third-order valence-electron chi connectivity index (χ3n) is 2.25. The molecular weight excluding hydrogens is 252 g/mol. The van der Waals surface area contributed by atoms with E-state index in [-0.39, 0.29) is 0 Å². The molecule has 18 heavy (non-hydrogen) atoms. The van der Waals surface area contributed by atoms with Gasteiger partial charge in [-0.1, -0.05) is 5.16 Å². The first-order valence-corrected chi connectivity index (χ1v) is 6.24. The van der Waals surface area contributed by atoms with Crippen molar-refractivity contribution < 1.29 is 14.0 Å². The fraction of sp³-hybridized carbons (Fsp3) is 0.250. The topological polar surface area (TPSA) is 64.7 Å². The molecule has 0 spiro atoms. The standard InChI is InChI=1S/C12H12N2O3S/c1-7-11(16-9(3)13-7)8(2)14-17-12(15)10-4-5-18-6-10/h4-6H,1-3H3. The monoisotopic (exact) mass is 264 g/mol. The Morgan fingerprint density at radius 1 is 1.50 bits per heavy atom. The number of oxime groups is 1. The zero-order valence-electron chi connectivity index (χ0n) is 10.3. The molecule has 0 unspecified atom stereocenters. The minimum absolute atomic E-state index is 0.482. The molecule has 0 aliphatic heterocycles. The van der Waals surface area contributed by atoms with Crippen molar-refractivity contribution >= 4 is 23.0 Å². The zero-order chi connectivity index (χ0) is 13.1. The second kappa shape index (κ2) is 5.14. The van der Waals surface area contributed by atoms with Crippen molar-refractivity contribution in [2.24, 2.45) is 5.16 Å². The lowest BCUT2D eigenvalue weighted by molar-refractivity contribution is 0.0516. The van der Waals surface area contributed by atoms with Gasteiger partial charge in [0.2, 0.25) is 0 Å². The molecule has 0 aromatic carbocycles. The number of carbonyl (C=O) groups is 1. The second-order valence-electron chi connectivity index (χ2n) is 3.71. The molecule has 2 heterocycles. The van der Waals surface area contributed by atoms with Crippen LogP contribution in [-0.2, 0) is 4.84 Å². The summed E-state index contributed by atoms with van der Waals surface area (Å²) in [6.07, 6.45) is 0. The zero-order valence-corrected chi connectivity index (χ0v) is 11.1. The first kappa shape index (κ1) is 12.5. The quantitative estimate of drug-likeness (QED) is 0.485. The molecule has 0 saturated carbocycles. The molecule has 2 aromatic heterocycles. The van der Waals surface area contributed by atoms with Crippen LogP contribution in [-0.4, -0.2) is 16.7 Å². The van der Waals surface area contributed by atoms with E-state index in [0.29, 0.717) is 22.9 Å². The van der Waals surface area contributed by atoms with Gasteiger partial charge in [-0.15, -0.1) is 0 Å². The van der Waals surface area contributed by atoms with Crippen molar-refractivity contribution in [2.45, 2.75) is 20.8 Å². The van der Waals surface area contributed by atoms with Gasteiger partial charge in [0.05, 0.1) is 11.3 Å². The highest BCUT2D eigenvalue weighted by Crippen LogP contribution is 2.12. The average Bonchev–Trinajstić information content (AvgIpc) is 2.95. The first-order valence-electron chi connectivity index (χ1n) is 5.30. The lowest BCUT2D eigenvalue weighted by Crippen LogP contribution is -2.03. The number of nitrogens with zero attached hydrogens (tertiary/aromatic N) is 2. The molecule has 0 aliphatic rings. The van der Waals surface area contributed by atoms with E-state index in [4.69, 9.17) is 9.25 Å². The van der Waals surface area contributed by atoms with Gasteiger partial charge in [-0.25, -0.2) is 9.78 Å². The van der Waals surface area contributed by atoms with E-state index in [2.05, 4.69) is 10.1 Å². The third-order valence-corrected chi connectivity index (χ3v) is 2.94. The first-order chi connectivity index (χ1) is 8.58. The van der Waals surface area contributed by atoms with Crippen molar-refractivity contribution in [1.29, 1.82) is 0 Å². The van der Waals surface area contributed by atoms with Crippen LogP contribution in [0.1, 0.15) is 34.6 Å². The van der Waals surface area contributed by atoms with Crippen molar-refractivity contribution in [3.05, 3.63) is 39.7 Å². The minimum Gasteiger partial charge on any atom is -0.439 e. The van der Waals surface area contributed by atoms with Gasteiger partial charge in [-0.3, -0.25) is 0 Å². The van der Waals surface area contributed by atoms with Crippen LogP contribution in [0.4, 0.5) is 0 Å². The molecule has 0 N–H and O–H groups in total. The molecule has 0 amide bonds. The Labute approximate surface area is 108 Å². The number of oxazole rings is 1. The molecule has 0 radical (unpaired) electrons. The summed E-state index contributed by atoms with van der Waals surface area (Å²) in [4.78, 5) is 20.5. The highest BCUT2D eigenvalue weighted by atomic mass is 32.1. The van der Waals surface area contributed by atoms with Gasteiger partial charge >= 0.3 is 5.97 Å². The van der Waals surface area contributed by atoms with Crippen molar-refractivity contribution in [2.75, 3.05) is 0 Å². The van der Waals surface area contributed by atoms with Crippen LogP contribution in [0.5, 0.6) is 0 Å². The fourth-order valence-corrected chi connectivity index (χ4v) is 2.08. The number of rotatable bonds is 3. The van der Waals surface area contributed by atoms with Gasteiger partial charge in [0.25, 0.3) is 0 Å². The average molecular weight is 264 g/mol. The molecule has 2 rings (SSSR count). The predicted molar refractivity (Wildman–Crippen MR) is 67.9 cm³/mol. The molecule has 0 atom stereocenters. The van der Waals surface area contributed by atoms with Gasteiger partial charge in [-0.05, 0) is 25.3 Å². The van der Waals surface area contributed by atoms with E-state index in [9.17, 15) is 4.79 Å². The van der Waals surface area contributed by atoms with Crippen molar-refractivity contribution in [3.63, 3.8) is 0 Å². The number of aryl methyl sites for hydroxylation is 2.